The van der Waals surface area contributed by atoms with Crippen molar-refractivity contribution >= 4 is 6.16 Å². The molecule has 15 heavy (non-hydrogen) atoms. The third-order valence-corrected chi connectivity index (χ3v) is 2.73. The van der Waals surface area contributed by atoms with Gasteiger partial charge in [-0.05, 0) is 12.8 Å². The third-order valence-electron chi connectivity index (χ3n) is 2.73. The van der Waals surface area contributed by atoms with Crippen LogP contribution in [0.1, 0.15) is 57.8 Å². The first-order valence-electron chi connectivity index (χ1n) is 6.19. The molecule has 0 radical (unpaired) electrons. The van der Waals surface area contributed by atoms with E-state index in [0.717, 1.165) is 25.7 Å². The lowest BCUT2D eigenvalue weighted by atomic mass is 10.1. The molecule has 1 saturated heterocycles. The summed E-state index contributed by atoms with van der Waals surface area (Å²) in [5.41, 5.74) is 0. The van der Waals surface area contributed by atoms with Gasteiger partial charge in [-0.25, -0.2) is 4.79 Å². The largest absolute Gasteiger partial charge is 0.508 e. The van der Waals surface area contributed by atoms with Crippen molar-refractivity contribution in [2.45, 2.75) is 57.8 Å². The second-order valence-corrected chi connectivity index (χ2v) is 4.13. The fourth-order valence-electron chi connectivity index (χ4n) is 1.79. The van der Waals surface area contributed by atoms with Gasteiger partial charge in [-0.1, -0.05) is 44.9 Å². The van der Waals surface area contributed by atoms with Gasteiger partial charge in [0.15, 0.2) is 0 Å². The molecule has 0 atom stereocenters. The Morgan fingerprint density at radius 2 is 0.933 bits per heavy atom. The monoisotopic (exact) mass is 214 g/mol. The summed E-state index contributed by atoms with van der Waals surface area (Å²) in [6.07, 6.45) is 10.3. The number of hydrogen-bond acceptors (Lipinski definition) is 3. The second kappa shape index (κ2) is 8.57. The molecule has 0 unspecified atom stereocenters. The van der Waals surface area contributed by atoms with Crippen LogP contribution >= 0.6 is 0 Å². The number of cyclic esters (lactones) is 2. The van der Waals surface area contributed by atoms with E-state index in [1.807, 2.05) is 0 Å². The minimum Gasteiger partial charge on any atom is -0.434 e. The topological polar surface area (TPSA) is 35.5 Å². The summed E-state index contributed by atoms with van der Waals surface area (Å²) in [6.45, 7) is 1.03. The van der Waals surface area contributed by atoms with Crippen molar-refractivity contribution in [1.29, 1.82) is 0 Å². The standard InChI is InChI=1S/C12H22O3/c13-12-14-10-8-6-4-2-1-3-5-7-9-11-15-12/h1-11H2. The maximum absolute atomic E-state index is 11.0. The molecule has 0 aromatic carbocycles. The molecule has 0 amide bonds. The highest BCUT2D eigenvalue weighted by atomic mass is 16.7. The normalized spacial score (nSPS) is 22.3. The van der Waals surface area contributed by atoms with Crippen molar-refractivity contribution in [3.63, 3.8) is 0 Å². The zero-order chi connectivity index (χ0) is 10.8. The molecule has 0 aromatic heterocycles. The minimum atomic E-state index is -0.493. The van der Waals surface area contributed by atoms with Crippen LogP contribution in [0.25, 0.3) is 0 Å². The van der Waals surface area contributed by atoms with Crippen LogP contribution in [0, 0.1) is 0 Å². The zero-order valence-electron chi connectivity index (χ0n) is 9.50. The van der Waals surface area contributed by atoms with E-state index in [-0.39, 0.29) is 0 Å². The van der Waals surface area contributed by atoms with Crippen molar-refractivity contribution in [3.05, 3.63) is 0 Å². The lowest BCUT2D eigenvalue weighted by Gasteiger charge is -2.07. The van der Waals surface area contributed by atoms with Crippen LogP contribution in [0.15, 0.2) is 0 Å². The molecular weight excluding hydrogens is 192 g/mol. The van der Waals surface area contributed by atoms with Crippen molar-refractivity contribution < 1.29 is 14.3 Å². The zero-order valence-corrected chi connectivity index (χ0v) is 9.50. The lowest BCUT2D eigenvalue weighted by Crippen LogP contribution is -2.09. The second-order valence-electron chi connectivity index (χ2n) is 4.13. The lowest BCUT2D eigenvalue weighted by molar-refractivity contribution is 0.0527. The van der Waals surface area contributed by atoms with E-state index in [4.69, 9.17) is 9.47 Å². The molecule has 0 saturated carbocycles. The van der Waals surface area contributed by atoms with Crippen LogP contribution in [-0.2, 0) is 9.47 Å². The Balaban J connectivity index is 2.13. The van der Waals surface area contributed by atoms with E-state index in [9.17, 15) is 4.79 Å². The van der Waals surface area contributed by atoms with Crippen molar-refractivity contribution in [1.82, 2.24) is 0 Å². The maximum Gasteiger partial charge on any atom is 0.508 e. The predicted molar refractivity (Wildman–Crippen MR) is 58.9 cm³/mol. The Bertz CT molecular complexity index is 152. The van der Waals surface area contributed by atoms with Gasteiger partial charge >= 0.3 is 6.16 Å². The molecule has 0 spiro atoms. The predicted octanol–water partition coefficient (Wildman–Crippen LogP) is 3.66. The summed E-state index contributed by atoms with van der Waals surface area (Å²) >= 11 is 0. The highest BCUT2D eigenvalue weighted by Crippen LogP contribution is 2.10. The SMILES string of the molecule is O=C1OCCCCCCCCCCCO1. The minimum absolute atomic E-state index is 0.493. The number of ether oxygens (including phenoxy) is 2. The summed E-state index contributed by atoms with van der Waals surface area (Å²) < 4.78 is 9.85. The average molecular weight is 214 g/mol. The van der Waals surface area contributed by atoms with E-state index in [0.29, 0.717) is 13.2 Å². The average Bonchev–Trinajstić information content (AvgIpc) is 2.24. The first-order valence-corrected chi connectivity index (χ1v) is 6.19. The van der Waals surface area contributed by atoms with Crippen LogP contribution < -0.4 is 0 Å². The first kappa shape index (κ1) is 12.3. The Morgan fingerprint density at radius 3 is 1.33 bits per heavy atom. The molecule has 1 rings (SSSR count). The molecule has 0 aromatic rings. The highest BCUT2D eigenvalue weighted by molar-refractivity contribution is 5.59. The molecule has 1 aliphatic rings. The van der Waals surface area contributed by atoms with Gasteiger partial charge in [0.05, 0.1) is 13.2 Å². The molecule has 0 bridgehead atoms. The smallest absolute Gasteiger partial charge is 0.434 e. The third kappa shape index (κ3) is 7.23. The summed E-state index contributed by atoms with van der Waals surface area (Å²) in [5.74, 6) is 0. The van der Waals surface area contributed by atoms with E-state index in [1.165, 1.54) is 32.1 Å². The molecule has 3 heteroatoms. The number of hydrogen-bond donors (Lipinski definition) is 0. The Hall–Kier alpha value is -0.730. The van der Waals surface area contributed by atoms with Crippen molar-refractivity contribution in [3.8, 4) is 0 Å². The molecule has 88 valence electrons. The van der Waals surface area contributed by atoms with E-state index in [2.05, 4.69) is 0 Å². The molecule has 0 aliphatic carbocycles. The molecule has 0 N–H and O–H groups in total. The van der Waals surface area contributed by atoms with E-state index < -0.39 is 6.16 Å². The van der Waals surface area contributed by atoms with Crippen LogP contribution in [0.5, 0.6) is 0 Å². The number of carbonyl (C=O) groups excluding carboxylic acids is 1. The summed E-state index contributed by atoms with van der Waals surface area (Å²) in [4.78, 5) is 11.0. The number of rotatable bonds is 0. The number of carbonyl (C=O) groups is 1. The van der Waals surface area contributed by atoms with E-state index in [1.54, 1.807) is 0 Å². The van der Waals surface area contributed by atoms with Crippen molar-refractivity contribution in [2.75, 3.05) is 13.2 Å². The van der Waals surface area contributed by atoms with Crippen LogP contribution in [0.4, 0.5) is 4.79 Å². The molecule has 1 fully saturated rings. The van der Waals surface area contributed by atoms with Crippen LogP contribution in [0.2, 0.25) is 0 Å². The molecule has 3 nitrogen and oxygen atoms in total. The van der Waals surface area contributed by atoms with Gasteiger partial charge in [-0.3, -0.25) is 0 Å². The molecule has 1 aliphatic heterocycles. The van der Waals surface area contributed by atoms with Gasteiger partial charge in [-0.2, -0.15) is 0 Å². The van der Waals surface area contributed by atoms with Crippen molar-refractivity contribution in [2.24, 2.45) is 0 Å². The molecule has 1 heterocycles. The van der Waals surface area contributed by atoms with Gasteiger partial charge in [0.25, 0.3) is 0 Å². The van der Waals surface area contributed by atoms with E-state index >= 15 is 0 Å². The molecular formula is C12H22O3. The fraction of sp³-hybridized carbons (Fsp3) is 0.917. The van der Waals surface area contributed by atoms with Crippen LogP contribution in [0.3, 0.4) is 0 Å². The Kier molecular flexibility index (Phi) is 7.05. The van der Waals surface area contributed by atoms with Gasteiger partial charge in [-0.15, -0.1) is 0 Å². The Morgan fingerprint density at radius 1 is 0.600 bits per heavy atom. The summed E-state index contributed by atoms with van der Waals surface area (Å²) in [6, 6.07) is 0. The van der Waals surface area contributed by atoms with Gasteiger partial charge in [0.2, 0.25) is 0 Å². The summed E-state index contributed by atoms with van der Waals surface area (Å²) in [5, 5.41) is 0. The fourth-order valence-corrected chi connectivity index (χ4v) is 1.79. The first-order chi connectivity index (χ1) is 7.39. The van der Waals surface area contributed by atoms with Gasteiger partial charge < -0.3 is 9.47 Å². The Labute approximate surface area is 92.1 Å². The van der Waals surface area contributed by atoms with Gasteiger partial charge in [0.1, 0.15) is 0 Å². The quantitative estimate of drug-likeness (QED) is 0.577. The maximum atomic E-state index is 11.0. The summed E-state index contributed by atoms with van der Waals surface area (Å²) in [7, 11) is 0. The van der Waals surface area contributed by atoms with Crippen LogP contribution in [-0.4, -0.2) is 19.4 Å². The van der Waals surface area contributed by atoms with Gasteiger partial charge in [0, 0.05) is 0 Å². The highest BCUT2D eigenvalue weighted by Gasteiger charge is 2.03.